The van der Waals surface area contributed by atoms with Gasteiger partial charge in [-0.2, -0.15) is 0 Å². The van der Waals surface area contributed by atoms with Gasteiger partial charge in [0.2, 0.25) is 15.7 Å². The molecule has 0 spiro atoms. The first-order chi connectivity index (χ1) is 10.6. The van der Waals surface area contributed by atoms with Gasteiger partial charge >= 0.3 is 5.22 Å². The van der Waals surface area contributed by atoms with Gasteiger partial charge in [-0.3, -0.25) is 0 Å². The average molecular weight is 335 g/mol. The second-order valence-electron chi connectivity index (χ2n) is 4.59. The molecule has 1 aromatic heterocycles. The molecule has 0 saturated heterocycles. The molecule has 3 rings (SSSR count). The van der Waals surface area contributed by atoms with Crippen LogP contribution in [0, 0.1) is 0 Å². The lowest BCUT2D eigenvalue weighted by molar-refractivity contribution is 0.439. The number of benzene rings is 2. The fraction of sp³-hybridized carbons (Fsp3) is 0.0667. The van der Waals surface area contributed by atoms with Crippen molar-refractivity contribution in [2.75, 3.05) is 0 Å². The molecule has 112 valence electrons. The normalized spacial score (nSPS) is 11.5. The Balaban J connectivity index is 1.91. The summed E-state index contributed by atoms with van der Waals surface area (Å²) in [6.07, 6.45) is 0. The van der Waals surface area contributed by atoms with Gasteiger partial charge in [0.15, 0.2) is 0 Å². The van der Waals surface area contributed by atoms with Gasteiger partial charge in [-0.1, -0.05) is 53.1 Å². The highest BCUT2D eigenvalue weighted by molar-refractivity contribution is 7.90. The molecule has 22 heavy (non-hydrogen) atoms. The van der Waals surface area contributed by atoms with Crippen molar-refractivity contribution in [2.24, 2.45) is 0 Å². The fourth-order valence-corrected chi connectivity index (χ4v) is 3.35. The van der Waals surface area contributed by atoms with Gasteiger partial charge in [0, 0.05) is 10.6 Å². The second kappa shape index (κ2) is 5.90. The summed E-state index contributed by atoms with van der Waals surface area (Å²) in [7, 11) is -3.75. The van der Waals surface area contributed by atoms with Crippen molar-refractivity contribution in [3.05, 3.63) is 65.2 Å². The van der Waals surface area contributed by atoms with E-state index in [2.05, 4.69) is 10.2 Å². The Kier molecular flexibility index (Phi) is 3.96. The lowest BCUT2D eigenvalue weighted by Crippen LogP contribution is -2.05. The molecule has 0 aliphatic heterocycles. The SMILES string of the molecule is O=S(=O)(Cc1ccccc1Cl)c1nnc(-c2ccccc2)o1. The number of hydrogen-bond acceptors (Lipinski definition) is 5. The summed E-state index contributed by atoms with van der Waals surface area (Å²) < 4.78 is 30.0. The molecule has 0 fully saturated rings. The molecule has 7 heteroatoms. The highest BCUT2D eigenvalue weighted by Crippen LogP contribution is 2.24. The molecule has 0 aliphatic carbocycles. The summed E-state index contributed by atoms with van der Waals surface area (Å²) >= 11 is 5.99. The zero-order chi connectivity index (χ0) is 15.6. The standard InChI is InChI=1S/C15H11ClN2O3S/c16-13-9-5-4-8-12(13)10-22(19,20)15-18-17-14(21-15)11-6-2-1-3-7-11/h1-9H,10H2. The van der Waals surface area contributed by atoms with Gasteiger partial charge in [-0.15, -0.1) is 5.10 Å². The zero-order valence-corrected chi connectivity index (χ0v) is 12.9. The summed E-state index contributed by atoms with van der Waals surface area (Å²) in [6.45, 7) is 0. The summed E-state index contributed by atoms with van der Waals surface area (Å²) in [5.41, 5.74) is 1.15. The van der Waals surface area contributed by atoms with Crippen LogP contribution in [0.3, 0.4) is 0 Å². The molecular formula is C15H11ClN2O3S. The molecular weight excluding hydrogens is 324 g/mol. The summed E-state index contributed by atoms with van der Waals surface area (Å²) in [5.74, 6) is -0.123. The smallest absolute Gasteiger partial charge is 0.336 e. The van der Waals surface area contributed by atoms with Crippen LogP contribution < -0.4 is 0 Å². The molecule has 0 atom stereocenters. The van der Waals surface area contributed by atoms with Gasteiger partial charge in [0.1, 0.15) is 0 Å². The predicted octanol–water partition coefficient (Wildman–Crippen LogP) is 3.36. The van der Waals surface area contributed by atoms with E-state index < -0.39 is 15.1 Å². The van der Waals surface area contributed by atoms with Crippen molar-refractivity contribution in [3.63, 3.8) is 0 Å². The van der Waals surface area contributed by atoms with E-state index in [0.29, 0.717) is 16.1 Å². The zero-order valence-electron chi connectivity index (χ0n) is 11.3. The van der Waals surface area contributed by atoms with Gasteiger partial charge in [-0.25, -0.2) is 8.42 Å². The number of aromatic nitrogens is 2. The average Bonchev–Trinajstić information content (AvgIpc) is 3.01. The maximum atomic E-state index is 12.3. The van der Waals surface area contributed by atoms with Crippen molar-refractivity contribution in [3.8, 4) is 11.5 Å². The molecule has 0 N–H and O–H groups in total. The Hall–Kier alpha value is -2.18. The van der Waals surface area contributed by atoms with E-state index >= 15 is 0 Å². The summed E-state index contributed by atoms with van der Waals surface area (Å²) in [4.78, 5) is 0. The predicted molar refractivity (Wildman–Crippen MR) is 82.1 cm³/mol. The van der Waals surface area contributed by atoms with E-state index in [4.69, 9.17) is 16.0 Å². The number of nitrogens with zero attached hydrogens (tertiary/aromatic N) is 2. The van der Waals surface area contributed by atoms with Crippen LogP contribution in [-0.4, -0.2) is 18.6 Å². The number of hydrogen-bond donors (Lipinski definition) is 0. The highest BCUT2D eigenvalue weighted by atomic mass is 35.5. The number of halogens is 1. The first-order valence-electron chi connectivity index (χ1n) is 6.41. The third kappa shape index (κ3) is 3.03. The molecule has 3 aromatic rings. The van der Waals surface area contributed by atoms with Crippen molar-refractivity contribution in [1.82, 2.24) is 10.2 Å². The van der Waals surface area contributed by atoms with Gasteiger partial charge in [-0.05, 0) is 23.8 Å². The van der Waals surface area contributed by atoms with Crippen molar-refractivity contribution >= 4 is 21.4 Å². The lowest BCUT2D eigenvalue weighted by Gasteiger charge is -2.02. The van der Waals surface area contributed by atoms with Crippen LogP contribution in [0.25, 0.3) is 11.5 Å². The van der Waals surface area contributed by atoms with E-state index in [9.17, 15) is 8.42 Å². The van der Waals surface area contributed by atoms with Crippen LogP contribution in [0.2, 0.25) is 5.02 Å². The third-order valence-electron chi connectivity index (χ3n) is 3.00. The lowest BCUT2D eigenvalue weighted by atomic mass is 10.2. The van der Waals surface area contributed by atoms with Crippen molar-refractivity contribution < 1.29 is 12.8 Å². The first-order valence-corrected chi connectivity index (χ1v) is 8.44. The molecule has 0 radical (unpaired) electrons. The fourth-order valence-electron chi connectivity index (χ4n) is 1.91. The quantitative estimate of drug-likeness (QED) is 0.731. The topological polar surface area (TPSA) is 73.1 Å². The minimum absolute atomic E-state index is 0.165. The number of sulfone groups is 1. The maximum Gasteiger partial charge on any atom is 0.336 e. The molecule has 0 amide bonds. The largest absolute Gasteiger partial charge is 0.408 e. The first kappa shape index (κ1) is 14.7. The monoisotopic (exact) mass is 334 g/mol. The Morgan fingerprint density at radius 1 is 0.955 bits per heavy atom. The molecule has 0 aliphatic rings. The van der Waals surface area contributed by atoms with Crippen molar-refractivity contribution in [2.45, 2.75) is 11.0 Å². The van der Waals surface area contributed by atoms with E-state index in [1.165, 1.54) is 0 Å². The minimum Gasteiger partial charge on any atom is -0.408 e. The van der Waals surface area contributed by atoms with Crippen LogP contribution >= 0.6 is 11.6 Å². The minimum atomic E-state index is -3.75. The molecule has 5 nitrogen and oxygen atoms in total. The van der Waals surface area contributed by atoms with E-state index in [-0.39, 0.29) is 11.6 Å². The Morgan fingerprint density at radius 3 is 2.36 bits per heavy atom. The van der Waals surface area contributed by atoms with Crippen LogP contribution in [0.5, 0.6) is 0 Å². The molecule has 0 saturated carbocycles. The van der Waals surface area contributed by atoms with E-state index in [0.717, 1.165) is 0 Å². The molecule has 2 aromatic carbocycles. The van der Waals surface area contributed by atoms with Crippen LogP contribution in [0.1, 0.15) is 5.56 Å². The maximum absolute atomic E-state index is 12.3. The molecule has 1 heterocycles. The Bertz CT molecular complexity index is 892. The van der Waals surface area contributed by atoms with Gasteiger partial charge < -0.3 is 4.42 Å². The van der Waals surface area contributed by atoms with Crippen molar-refractivity contribution in [1.29, 1.82) is 0 Å². The van der Waals surface area contributed by atoms with Crippen LogP contribution in [-0.2, 0) is 15.6 Å². The van der Waals surface area contributed by atoms with Gasteiger partial charge in [0.25, 0.3) is 0 Å². The van der Waals surface area contributed by atoms with E-state index in [1.807, 2.05) is 6.07 Å². The summed E-state index contributed by atoms with van der Waals surface area (Å²) in [6, 6.07) is 15.7. The number of rotatable bonds is 4. The highest BCUT2D eigenvalue weighted by Gasteiger charge is 2.24. The Morgan fingerprint density at radius 2 is 1.64 bits per heavy atom. The van der Waals surface area contributed by atoms with Crippen LogP contribution in [0.15, 0.2) is 64.2 Å². The summed E-state index contributed by atoms with van der Waals surface area (Å²) in [5, 5.41) is 7.40. The Labute approximate surface area is 132 Å². The molecule has 0 bridgehead atoms. The van der Waals surface area contributed by atoms with Crippen LogP contribution in [0.4, 0.5) is 0 Å². The van der Waals surface area contributed by atoms with E-state index in [1.54, 1.807) is 48.5 Å². The van der Waals surface area contributed by atoms with Gasteiger partial charge in [0.05, 0.1) is 5.75 Å². The second-order valence-corrected chi connectivity index (χ2v) is 6.86. The molecule has 0 unspecified atom stereocenters. The third-order valence-corrected chi connectivity index (χ3v) is 4.75.